The first-order valence-corrected chi connectivity index (χ1v) is 11.5. The van der Waals surface area contributed by atoms with Gasteiger partial charge in [0.15, 0.2) is 11.6 Å². The van der Waals surface area contributed by atoms with Crippen molar-refractivity contribution in [2.24, 2.45) is 11.8 Å². The molecule has 0 aliphatic heterocycles. The summed E-state index contributed by atoms with van der Waals surface area (Å²) in [5.74, 6) is -0.960. The van der Waals surface area contributed by atoms with Gasteiger partial charge in [-0.15, -0.1) is 0 Å². The summed E-state index contributed by atoms with van der Waals surface area (Å²) in [4.78, 5) is 37.7. The molecule has 2 amide bonds. The molecule has 4 N–H and O–H groups in total. The lowest BCUT2D eigenvalue weighted by Gasteiger charge is -2.22. The summed E-state index contributed by atoms with van der Waals surface area (Å²) in [6.07, 6.45) is 7.78. The molecule has 10 nitrogen and oxygen atoms in total. The van der Waals surface area contributed by atoms with Gasteiger partial charge in [-0.1, -0.05) is 25.7 Å². The molecule has 34 heavy (non-hydrogen) atoms. The van der Waals surface area contributed by atoms with Crippen LogP contribution in [0.15, 0.2) is 24.5 Å². The third-order valence-electron chi connectivity index (χ3n) is 6.06. The Labute approximate surface area is 198 Å². The molecule has 2 aromatic heterocycles. The third-order valence-corrected chi connectivity index (χ3v) is 6.06. The molecule has 0 spiro atoms. The van der Waals surface area contributed by atoms with E-state index in [0.717, 1.165) is 31.2 Å². The van der Waals surface area contributed by atoms with Crippen molar-refractivity contribution in [1.29, 1.82) is 0 Å². The number of rotatable bonds is 11. The number of nitrogens with zero attached hydrogens (tertiary/aromatic N) is 4. The van der Waals surface area contributed by atoms with Gasteiger partial charge in [-0.25, -0.2) is 14.8 Å². The van der Waals surface area contributed by atoms with Crippen LogP contribution < -0.4 is 21.1 Å². The van der Waals surface area contributed by atoms with Crippen LogP contribution in [0.1, 0.15) is 43.5 Å². The fraction of sp³-hybridized carbons (Fsp3) is 0.522. The van der Waals surface area contributed by atoms with Crippen molar-refractivity contribution in [3.8, 4) is 0 Å². The van der Waals surface area contributed by atoms with Gasteiger partial charge in [-0.2, -0.15) is 4.39 Å². The fourth-order valence-corrected chi connectivity index (χ4v) is 4.20. The van der Waals surface area contributed by atoms with Gasteiger partial charge in [0.2, 0.25) is 11.7 Å². The Morgan fingerprint density at radius 2 is 1.94 bits per heavy atom. The van der Waals surface area contributed by atoms with Crippen LogP contribution in [-0.2, 0) is 11.2 Å². The zero-order valence-electron chi connectivity index (χ0n) is 19.6. The lowest BCUT2D eigenvalue weighted by Crippen LogP contribution is -2.42. The van der Waals surface area contributed by atoms with E-state index in [-0.39, 0.29) is 18.2 Å². The van der Waals surface area contributed by atoms with E-state index in [9.17, 15) is 9.59 Å². The van der Waals surface area contributed by atoms with Crippen molar-refractivity contribution in [1.82, 2.24) is 25.7 Å². The molecule has 0 saturated heterocycles. The van der Waals surface area contributed by atoms with E-state index in [1.807, 2.05) is 12.1 Å². The average Bonchev–Trinajstić information content (AvgIpc) is 3.34. The van der Waals surface area contributed by atoms with E-state index in [2.05, 4.69) is 31.1 Å². The second kappa shape index (κ2) is 12.1. The number of carbonyl (C=O) groups excluding carboxylic acids is 1. The van der Waals surface area contributed by atoms with Crippen LogP contribution in [0, 0.1) is 24.6 Å². The summed E-state index contributed by atoms with van der Waals surface area (Å²) < 4.78 is 15.2. The monoisotopic (exact) mass is 473 g/mol. The molecule has 11 heteroatoms. The molecule has 184 valence electrons. The largest absolute Gasteiger partial charge is 0.465 e. The smallest absolute Gasteiger partial charge is 0.404 e. The molecular formula is C23H32FN7O3. The Hall–Kier alpha value is -3.50. The maximum absolute atomic E-state index is 15.2. The lowest BCUT2D eigenvalue weighted by atomic mass is 9.92. The van der Waals surface area contributed by atoms with E-state index in [0.29, 0.717) is 31.1 Å². The van der Waals surface area contributed by atoms with Gasteiger partial charge in [-0.3, -0.25) is 20.6 Å². The maximum atomic E-state index is 15.2. The Bertz CT molecular complexity index is 971. The minimum atomic E-state index is -1.19. The van der Waals surface area contributed by atoms with Gasteiger partial charge < -0.3 is 15.3 Å². The highest BCUT2D eigenvalue weighted by Crippen LogP contribution is 2.30. The van der Waals surface area contributed by atoms with Gasteiger partial charge in [0.25, 0.3) is 0 Å². The van der Waals surface area contributed by atoms with Crippen molar-refractivity contribution in [2.45, 2.75) is 45.4 Å². The number of halogens is 1. The number of likely N-dealkylation sites (N-methyl/N-ethyl adjacent to an activating group) is 1. The minimum Gasteiger partial charge on any atom is -0.465 e. The number of carboxylic acid groups (broad SMARTS) is 1. The number of hydrogen-bond donors (Lipinski definition) is 4. The maximum Gasteiger partial charge on any atom is 0.404 e. The van der Waals surface area contributed by atoms with Gasteiger partial charge in [-0.05, 0) is 43.4 Å². The van der Waals surface area contributed by atoms with Crippen LogP contribution in [-0.4, -0.2) is 52.2 Å². The molecule has 3 rings (SSSR count). The molecule has 0 bridgehead atoms. The van der Waals surface area contributed by atoms with Crippen molar-refractivity contribution in [2.75, 3.05) is 30.5 Å². The number of amides is 2. The first-order chi connectivity index (χ1) is 16.3. The molecule has 2 heterocycles. The zero-order chi connectivity index (χ0) is 24.5. The standard InChI is InChI=1S/C23H32FN7O3/c1-15-27-20(19(24)21(28-15)31(2)12-9-16-7-10-25-11-8-16)29-30-22(32)18(14-26-23(33)34)13-17-5-3-4-6-17/h7-8,10-11,17-18,26H,3-6,9,12-14H2,1-2H3,(H,30,32)(H,33,34)(H,27,28,29)/t18-/m1/s1. The second-order valence-electron chi connectivity index (χ2n) is 8.67. The minimum absolute atomic E-state index is 0.00633. The Morgan fingerprint density at radius 1 is 1.24 bits per heavy atom. The number of aryl methyl sites for hydroxylation is 1. The average molecular weight is 474 g/mol. The summed E-state index contributed by atoms with van der Waals surface area (Å²) in [6, 6.07) is 3.80. The van der Waals surface area contributed by atoms with E-state index in [1.54, 1.807) is 31.3 Å². The Kier molecular flexibility index (Phi) is 8.94. The number of hydrogen-bond acceptors (Lipinski definition) is 7. The van der Waals surface area contributed by atoms with E-state index < -0.39 is 23.7 Å². The Balaban J connectivity index is 1.64. The van der Waals surface area contributed by atoms with Gasteiger partial charge in [0, 0.05) is 32.5 Å². The molecule has 2 aromatic rings. The molecule has 1 saturated carbocycles. The molecule has 0 aromatic carbocycles. The second-order valence-corrected chi connectivity index (χ2v) is 8.67. The summed E-state index contributed by atoms with van der Waals surface area (Å²) in [5.41, 5.74) is 6.16. The highest BCUT2D eigenvalue weighted by molar-refractivity contribution is 5.80. The molecule has 1 fully saturated rings. The number of anilines is 2. The number of carbonyl (C=O) groups is 2. The summed E-state index contributed by atoms with van der Waals surface area (Å²) >= 11 is 0. The van der Waals surface area contributed by atoms with Crippen LogP contribution in [0.25, 0.3) is 0 Å². The number of hydrazine groups is 1. The van der Waals surface area contributed by atoms with Gasteiger partial charge >= 0.3 is 6.09 Å². The SMILES string of the molecule is Cc1nc(NNC(=O)[C@@H](CNC(=O)O)CC2CCCC2)c(F)c(N(C)CCc2ccncc2)n1. The van der Waals surface area contributed by atoms with Crippen molar-refractivity contribution in [3.05, 3.63) is 41.7 Å². The van der Waals surface area contributed by atoms with Crippen molar-refractivity contribution in [3.63, 3.8) is 0 Å². The molecule has 1 atom stereocenters. The van der Waals surface area contributed by atoms with E-state index >= 15 is 4.39 Å². The number of aromatic nitrogens is 3. The van der Waals surface area contributed by atoms with Crippen LogP contribution in [0.4, 0.5) is 20.8 Å². The summed E-state index contributed by atoms with van der Waals surface area (Å²) in [5, 5.41) is 11.2. The number of nitrogens with one attached hydrogen (secondary N) is 3. The van der Waals surface area contributed by atoms with Crippen LogP contribution >= 0.6 is 0 Å². The third kappa shape index (κ3) is 7.26. The summed E-state index contributed by atoms with van der Waals surface area (Å²) in [6.45, 7) is 2.16. The summed E-state index contributed by atoms with van der Waals surface area (Å²) in [7, 11) is 1.74. The van der Waals surface area contributed by atoms with Crippen LogP contribution in [0.3, 0.4) is 0 Å². The van der Waals surface area contributed by atoms with E-state index in [1.165, 1.54) is 0 Å². The van der Waals surface area contributed by atoms with Gasteiger partial charge in [0.05, 0.1) is 5.92 Å². The van der Waals surface area contributed by atoms with E-state index in [4.69, 9.17) is 5.11 Å². The predicted molar refractivity (Wildman–Crippen MR) is 126 cm³/mol. The number of pyridine rings is 1. The lowest BCUT2D eigenvalue weighted by molar-refractivity contribution is -0.124. The fourth-order valence-electron chi connectivity index (χ4n) is 4.20. The quantitative estimate of drug-likeness (QED) is 0.366. The highest BCUT2D eigenvalue weighted by Gasteiger charge is 2.26. The van der Waals surface area contributed by atoms with Crippen LogP contribution in [0.5, 0.6) is 0 Å². The Morgan fingerprint density at radius 3 is 2.62 bits per heavy atom. The van der Waals surface area contributed by atoms with Crippen molar-refractivity contribution < 1.29 is 19.1 Å². The molecule has 1 aliphatic carbocycles. The van der Waals surface area contributed by atoms with Gasteiger partial charge in [0.1, 0.15) is 5.82 Å². The van der Waals surface area contributed by atoms with Crippen LogP contribution in [0.2, 0.25) is 0 Å². The van der Waals surface area contributed by atoms with Crippen molar-refractivity contribution >= 4 is 23.6 Å². The predicted octanol–water partition coefficient (Wildman–Crippen LogP) is 2.91. The highest BCUT2D eigenvalue weighted by atomic mass is 19.1. The molecular weight excluding hydrogens is 441 g/mol. The molecule has 0 unspecified atom stereocenters. The zero-order valence-corrected chi connectivity index (χ0v) is 19.6. The molecule has 1 aliphatic rings. The molecule has 0 radical (unpaired) electrons. The normalized spacial score (nSPS) is 14.4. The first-order valence-electron chi connectivity index (χ1n) is 11.5. The topological polar surface area (TPSA) is 132 Å². The first kappa shape index (κ1) is 25.1.